The van der Waals surface area contributed by atoms with Crippen LogP contribution < -0.4 is 5.32 Å². The van der Waals surface area contributed by atoms with E-state index in [1.54, 1.807) is 17.8 Å². The smallest absolute Gasteiger partial charge is 0.0797 e. The lowest BCUT2D eigenvalue weighted by Crippen LogP contribution is -2.25. The minimum absolute atomic E-state index is 0.884. The van der Waals surface area contributed by atoms with Crippen LogP contribution in [0.25, 0.3) is 0 Å². The van der Waals surface area contributed by atoms with Gasteiger partial charge in [0.2, 0.25) is 0 Å². The van der Waals surface area contributed by atoms with Gasteiger partial charge < -0.3 is 5.32 Å². The molecule has 0 aromatic carbocycles. The summed E-state index contributed by atoms with van der Waals surface area (Å²) in [6, 6.07) is 0.884. The highest BCUT2D eigenvalue weighted by atomic mass is 32.1. The van der Waals surface area contributed by atoms with E-state index in [4.69, 9.17) is 0 Å². The van der Waals surface area contributed by atoms with Crippen LogP contribution in [0.4, 0.5) is 0 Å². The molecule has 0 spiro atoms. The molecule has 1 aromatic heterocycles. The number of hydrogen-bond acceptors (Lipinski definition) is 3. The van der Waals surface area contributed by atoms with Crippen LogP contribution >= 0.6 is 11.3 Å². The van der Waals surface area contributed by atoms with E-state index in [2.05, 4.69) is 17.2 Å². The molecule has 92 valence electrons. The predicted octanol–water partition coefficient (Wildman–Crippen LogP) is 2.63. The normalized spacial score (nSPS) is 41.8. The van der Waals surface area contributed by atoms with Crippen molar-refractivity contribution in [2.45, 2.75) is 38.6 Å². The number of hydrogen-bond donors (Lipinski definition) is 1. The summed E-state index contributed by atoms with van der Waals surface area (Å²) in [5.74, 6) is 4.31. The molecule has 1 heterocycles. The van der Waals surface area contributed by atoms with Crippen molar-refractivity contribution in [2.75, 3.05) is 6.54 Å². The Morgan fingerprint density at radius 2 is 2.12 bits per heavy atom. The zero-order valence-corrected chi connectivity index (χ0v) is 11.2. The van der Waals surface area contributed by atoms with Crippen LogP contribution in [0.5, 0.6) is 0 Å². The molecule has 2 nitrogen and oxygen atoms in total. The van der Waals surface area contributed by atoms with E-state index in [9.17, 15) is 0 Å². The molecule has 3 saturated carbocycles. The third-order valence-electron chi connectivity index (χ3n) is 5.31. The van der Waals surface area contributed by atoms with Crippen molar-refractivity contribution in [2.24, 2.45) is 23.7 Å². The second kappa shape index (κ2) is 3.79. The van der Waals surface area contributed by atoms with Crippen LogP contribution in [0, 0.1) is 30.6 Å². The average molecular weight is 248 g/mol. The van der Waals surface area contributed by atoms with E-state index in [1.807, 2.05) is 5.51 Å². The predicted molar refractivity (Wildman–Crippen MR) is 70.2 cm³/mol. The van der Waals surface area contributed by atoms with Gasteiger partial charge in [-0.05, 0) is 56.3 Å². The van der Waals surface area contributed by atoms with Crippen LogP contribution in [0.3, 0.4) is 0 Å². The molecule has 17 heavy (non-hydrogen) atoms. The maximum Gasteiger partial charge on any atom is 0.0797 e. The summed E-state index contributed by atoms with van der Waals surface area (Å²) in [5.41, 5.74) is 3.20. The molecule has 2 bridgehead atoms. The highest BCUT2D eigenvalue weighted by molar-refractivity contribution is 7.09. The first-order valence-electron chi connectivity index (χ1n) is 6.97. The maximum atomic E-state index is 4.31. The average Bonchev–Trinajstić information content (AvgIpc) is 2.73. The van der Waals surface area contributed by atoms with Crippen molar-refractivity contribution < 1.29 is 0 Å². The van der Waals surface area contributed by atoms with Gasteiger partial charge in [-0.1, -0.05) is 0 Å². The summed E-state index contributed by atoms with van der Waals surface area (Å²) in [4.78, 5) is 5.78. The fourth-order valence-electron chi connectivity index (χ4n) is 4.52. The Hall–Kier alpha value is -0.410. The van der Waals surface area contributed by atoms with Gasteiger partial charge in [-0.3, -0.25) is 0 Å². The van der Waals surface area contributed by atoms with Gasteiger partial charge in [-0.2, -0.15) is 0 Å². The van der Waals surface area contributed by atoms with Crippen molar-refractivity contribution in [3.8, 4) is 0 Å². The summed E-state index contributed by atoms with van der Waals surface area (Å²) in [7, 11) is 0. The van der Waals surface area contributed by atoms with Gasteiger partial charge in [-0.25, -0.2) is 4.98 Å². The molecule has 4 unspecified atom stereocenters. The fourth-order valence-corrected chi connectivity index (χ4v) is 5.30. The Labute approximate surface area is 107 Å². The molecule has 0 aliphatic heterocycles. The van der Waals surface area contributed by atoms with Crippen molar-refractivity contribution in [1.82, 2.24) is 10.3 Å². The first-order valence-corrected chi connectivity index (χ1v) is 7.85. The molecule has 3 aliphatic rings. The number of fused-ring (bicyclic) bond motifs is 5. The van der Waals surface area contributed by atoms with E-state index in [0.29, 0.717) is 0 Å². The van der Waals surface area contributed by atoms with E-state index in [0.717, 1.165) is 36.3 Å². The van der Waals surface area contributed by atoms with Crippen molar-refractivity contribution in [3.63, 3.8) is 0 Å². The molecular formula is C14H20N2S. The zero-order chi connectivity index (χ0) is 11.4. The molecule has 3 fully saturated rings. The molecule has 1 aromatic rings. The number of rotatable bonds is 4. The first kappa shape index (κ1) is 10.5. The van der Waals surface area contributed by atoms with Gasteiger partial charge in [0.05, 0.1) is 11.2 Å². The molecule has 4 rings (SSSR count). The maximum absolute atomic E-state index is 4.31. The molecular weight excluding hydrogens is 228 g/mol. The Kier molecular flexibility index (Phi) is 2.34. The Bertz CT molecular complexity index is 412. The molecule has 0 amide bonds. The summed E-state index contributed by atoms with van der Waals surface area (Å²) in [6.45, 7) is 3.28. The standard InChI is InChI=1S/C14H20N2S/c1-8-11(17-7-16-8)4-5-15-14-12-9-2-3-10(6-9)13(12)14/h7,9-10,12-15H,2-6H2,1H3. The van der Waals surface area contributed by atoms with Crippen molar-refractivity contribution in [3.05, 3.63) is 16.1 Å². The second-order valence-electron chi connectivity index (χ2n) is 6.08. The van der Waals surface area contributed by atoms with E-state index < -0.39 is 0 Å². The summed E-state index contributed by atoms with van der Waals surface area (Å²) in [5, 5.41) is 3.80. The summed E-state index contributed by atoms with van der Waals surface area (Å²) >= 11 is 1.81. The number of nitrogens with zero attached hydrogens (tertiary/aromatic N) is 1. The minimum atomic E-state index is 0.884. The van der Waals surface area contributed by atoms with Crippen LogP contribution in [0.2, 0.25) is 0 Å². The number of aryl methyl sites for hydroxylation is 1. The van der Waals surface area contributed by atoms with Crippen LogP contribution in [0.1, 0.15) is 29.8 Å². The first-order chi connectivity index (χ1) is 8.34. The summed E-state index contributed by atoms with van der Waals surface area (Å²) < 4.78 is 0. The number of aromatic nitrogens is 1. The summed E-state index contributed by atoms with van der Waals surface area (Å²) in [6.07, 6.45) is 5.78. The number of thiazole rings is 1. The second-order valence-corrected chi connectivity index (χ2v) is 7.02. The highest BCUT2D eigenvalue weighted by Gasteiger charge is 2.64. The lowest BCUT2D eigenvalue weighted by atomic mass is 10.0. The van der Waals surface area contributed by atoms with E-state index in [1.165, 1.54) is 29.8 Å². The Morgan fingerprint density at radius 3 is 2.76 bits per heavy atom. The highest BCUT2D eigenvalue weighted by Crippen LogP contribution is 2.65. The monoisotopic (exact) mass is 248 g/mol. The minimum Gasteiger partial charge on any atom is -0.313 e. The lowest BCUT2D eigenvalue weighted by Gasteiger charge is -2.10. The van der Waals surface area contributed by atoms with Gasteiger partial charge in [0.25, 0.3) is 0 Å². The SMILES string of the molecule is Cc1ncsc1CCNC1C2C3CCC(C3)C12. The van der Waals surface area contributed by atoms with Gasteiger partial charge in [0.1, 0.15) is 0 Å². The zero-order valence-electron chi connectivity index (χ0n) is 10.4. The third kappa shape index (κ3) is 1.59. The quantitative estimate of drug-likeness (QED) is 0.886. The van der Waals surface area contributed by atoms with Crippen LogP contribution in [-0.4, -0.2) is 17.6 Å². The largest absolute Gasteiger partial charge is 0.313 e. The van der Waals surface area contributed by atoms with Gasteiger partial charge in [-0.15, -0.1) is 11.3 Å². The Balaban J connectivity index is 1.29. The molecule has 1 N–H and O–H groups in total. The van der Waals surface area contributed by atoms with Gasteiger partial charge in [0, 0.05) is 17.5 Å². The molecule has 0 radical (unpaired) electrons. The van der Waals surface area contributed by atoms with Gasteiger partial charge >= 0.3 is 0 Å². The van der Waals surface area contributed by atoms with Crippen molar-refractivity contribution in [1.29, 1.82) is 0 Å². The molecule has 4 atom stereocenters. The third-order valence-corrected chi connectivity index (χ3v) is 6.31. The molecule has 0 saturated heterocycles. The number of nitrogens with one attached hydrogen (secondary N) is 1. The topological polar surface area (TPSA) is 24.9 Å². The van der Waals surface area contributed by atoms with Crippen molar-refractivity contribution >= 4 is 11.3 Å². The lowest BCUT2D eigenvalue weighted by molar-refractivity contribution is 0.456. The van der Waals surface area contributed by atoms with Gasteiger partial charge in [0.15, 0.2) is 0 Å². The van der Waals surface area contributed by atoms with E-state index in [-0.39, 0.29) is 0 Å². The van der Waals surface area contributed by atoms with Crippen LogP contribution in [-0.2, 0) is 6.42 Å². The fraction of sp³-hybridized carbons (Fsp3) is 0.786. The van der Waals surface area contributed by atoms with E-state index >= 15 is 0 Å². The molecule has 3 heteroatoms. The van der Waals surface area contributed by atoms with Crippen LogP contribution in [0.15, 0.2) is 5.51 Å². The molecule has 3 aliphatic carbocycles. The Morgan fingerprint density at radius 1 is 1.35 bits per heavy atom.